The van der Waals surface area contributed by atoms with Crippen LogP contribution in [0.1, 0.15) is 29.2 Å². The Morgan fingerprint density at radius 1 is 1.00 bits per heavy atom. The third kappa shape index (κ3) is 2.40. The number of aromatic nitrogens is 3. The summed E-state index contributed by atoms with van der Waals surface area (Å²) in [5.41, 5.74) is 3.72. The molecule has 0 spiro atoms. The third-order valence-corrected chi connectivity index (χ3v) is 5.26. The molecule has 0 saturated carbocycles. The van der Waals surface area contributed by atoms with Gasteiger partial charge in [-0.15, -0.1) is 0 Å². The number of aryl methyl sites for hydroxylation is 1. The van der Waals surface area contributed by atoms with Gasteiger partial charge in [0.1, 0.15) is 11.4 Å². The molecule has 4 rings (SSSR count). The van der Waals surface area contributed by atoms with E-state index in [4.69, 9.17) is 0 Å². The first kappa shape index (κ1) is 12.8. The standard InChI is InChI=1S/C17H15N3S/c1-2-7-13-12(5-1)6-3-9-15(13)21-17-14-8-4-10-18-16(14)19-11-20-17/h1-2,4-5,7-8,10-11,15H,3,6,9H2. The molecular formula is C17H15N3S. The fourth-order valence-electron chi connectivity index (χ4n) is 2.93. The molecule has 1 aliphatic carbocycles. The molecule has 1 aliphatic rings. The highest BCUT2D eigenvalue weighted by Gasteiger charge is 2.22. The summed E-state index contributed by atoms with van der Waals surface area (Å²) >= 11 is 1.85. The van der Waals surface area contributed by atoms with Crippen LogP contribution < -0.4 is 0 Å². The van der Waals surface area contributed by atoms with Crippen molar-refractivity contribution in [1.82, 2.24) is 15.0 Å². The molecule has 0 aliphatic heterocycles. The van der Waals surface area contributed by atoms with E-state index in [1.807, 2.05) is 17.8 Å². The molecule has 3 nitrogen and oxygen atoms in total. The topological polar surface area (TPSA) is 38.7 Å². The summed E-state index contributed by atoms with van der Waals surface area (Å²) in [4.78, 5) is 13.0. The Balaban J connectivity index is 1.73. The van der Waals surface area contributed by atoms with Crippen LogP contribution in [0.5, 0.6) is 0 Å². The van der Waals surface area contributed by atoms with Crippen molar-refractivity contribution in [1.29, 1.82) is 0 Å². The average Bonchev–Trinajstić information content (AvgIpc) is 2.56. The van der Waals surface area contributed by atoms with Gasteiger partial charge in [-0.1, -0.05) is 36.0 Å². The van der Waals surface area contributed by atoms with Gasteiger partial charge in [-0.05, 0) is 42.5 Å². The van der Waals surface area contributed by atoms with Crippen LogP contribution in [0, 0.1) is 0 Å². The predicted molar refractivity (Wildman–Crippen MR) is 85.3 cm³/mol. The fourth-order valence-corrected chi connectivity index (χ4v) is 4.24. The molecule has 0 N–H and O–H groups in total. The second-order valence-corrected chi connectivity index (χ2v) is 6.44. The smallest absolute Gasteiger partial charge is 0.163 e. The highest BCUT2D eigenvalue weighted by molar-refractivity contribution is 7.99. The number of pyridine rings is 1. The Labute approximate surface area is 127 Å². The molecule has 21 heavy (non-hydrogen) atoms. The van der Waals surface area contributed by atoms with Crippen LogP contribution in [0.2, 0.25) is 0 Å². The fraction of sp³-hybridized carbons (Fsp3) is 0.235. The molecule has 1 aromatic carbocycles. The number of benzene rings is 1. The van der Waals surface area contributed by atoms with Gasteiger partial charge in [0, 0.05) is 11.4 Å². The van der Waals surface area contributed by atoms with Gasteiger partial charge in [0.05, 0.1) is 5.39 Å². The Morgan fingerprint density at radius 3 is 2.95 bits per heavy atom. The van der Waals surface area contributed by atoms with Crippen molar-refractivity contribution in [2.45, 2.75) is 29.5 Å². The van der Waals surface area contributed by atoms with Gasteiger partial charge < -0.3 is 0 Å². The van der Waals surface area contributed by atoms with E-state index in [2.05, 4.69) is 45.3 Å². The average molecular weight is 293 g/mol. The first-order valence-corrected chi connectivity index (χ1v) is 8.10. The van der Waals surface area contributed by atoms with Crippen LogP contribution in [0.25, 0.3) is 11.0 Å². The van der Waals surface area contributed by atoms with Crippen LogP contribution in [0.15, 0.2) is 53.9 Å². The maximum Gasteiger partial charge on any atom is 0.163 e. The molecule has 0 fully saturated rings. The molecule has 1 atom stereocenters. The van der Waals surface area contributed by atoms with Crippen LogP contribution in [-0.2, 0) is 6.42 Å². The van der Waals surface area contributed by atoms with Crippen LogP contribution in [0.3, 0.4) is 0 Å². The summed E-state index contributed by atoms with van der Waals surface area (Å²) in [6.45, 7) is 0. The van der Waals surface area contributed by atoms with Crippen molar-refractivity contribution in [3.8, 4) is 0 Å². The molecular weight excluding hydrogens is 278 g/mol. The monoisotopic (exact) mass is 293 g/mol. The zero-order chi connectivity index (χ0) is 14.1. The largest absolute Gasteiger partial charge is 0.237 e. The van der Waals surface area contributed by atoms with E-state index < -0.39 is 0 Å². The van der Waals surface area contributed by atoms with Crippen molar-refractivity contribution < 1.29 is 0 Å². The molecule has 0 bridgehead atoms. The Kier molecular flexibility index (Phi) is 3.31. The minimum Gasteiger partial charge on any atom is -0.237 e. The van der Waals surface area contributed by atoms with Gasteiger partial charge in [-0.2, -0.15) is 0 Å². The number of rotatable bonds is 2. The van der Waals surface area contributed by atoms with E-state index in [0.717, 1.165) is 16.1 Å². The molecule has 104 valence electrons. The van der Waals surface area contributed by atoms with E-state index >= 15 is 0 Å². The molecule has 0 radical (unpaired) electrons. The molecule has 1 unspecified atom stereocenters. The van der Waals surface area contributed by atoms with Crippen molar-refractivity contribution in [2.75, 3.05) is 0 Å². The van der Waals surface area contributed by atoms with Gasteiger partial charge in [0.25, 0.3) is 0 Å². The summed E-state index contributed by atoms with van der Waals surface area (Å²) in [6, 6.07) is 12.8. The molecule has 4 heteroatoms. The van der Waals surface area contributed by atoms with Gasteiger partial charge in [0.2, 0.25) is 0 Å². The maximum absolute atomic E-state index is 4.49. The second kappa shape index (κ2) is 5.45. The van der Waals surface area contributed by atoms with Crippen molar-refractivity contribution in [2.24, 2.45) is 0 Å². The summed E-state index contributed by atoms with van der Waals surface area (Å²) in [6.07, 6.45) is 7.04. The quantitative estimate of drug-likeness (QED) is 0.664. The summed E-state index contributed by atoms with van der Waals surface area (Å²) in [5.74, 6) is 0. The van der Waals surface area contributed by atoms with Gasteiger partial charge in [-0.3, -0.25) is 0 Å². The number of hydrogen-bond donors (Lipinski definition) is 0. The van der Waals surface area contributed by atoms with Crippen LogP contribution in [-0.4, -0.2) is 15.0 Å². The summed E-state index contributed by atoms with van der Waals surface area (Å²) < 4.78 is 0. The van der Waals surface area contributed by atoms with Crippen molar-refractivity contribution in [3.05, 3.63) is 60.0 Å². The summed E-state index contributed by atoms with van der Waals surface area (Å²) in [5, 5.41) is 2.57. The first-order chi connectivity index (χ1) is 10.4. The van der Waals surface area contributed by atoms with Gasteiger partial charge >= 0.3 is 0 Å². The highest BCUT2D eigenvalue weighted by Crippen LogP contribution is 2.43. The lowest BCUT2D eigenvalue weighted by molar-refractivity contribution is 0.673. The molecule has 0 amide bonds. The van der Waals surface area contributed by atoms with Crippen LogP contribution in [0.4, 0.5) is 0 Å². The Bertz CT molecular complexity index is 782. The Morgan fingerprint density at radius 2 is 1.95 bits per heavy atom. The maximum atomic E-state index is 4.49. The predicted octanol–water partition coefficient (Wildman–Crippen LogP) is 4.19. The van der Waals surface area contributed by atoms with Crippen molar-refractivity contribution >= 4 is 22.8 Å². The van der Waals surface area contributed by atoms with Gasteiger partial charge in [0.15, 0.2) is 5.65 Å². The lowest BCUT2D eigenvalue weighted by Crippen LogP contribution is -2.07. The molecule has 2 heterocycles. The second-order valence-electron chi connectivity index (χ2n) is 5.25. The van der Waals surface area contributed by atoms with Gasteiger partial charge in [-0.25, -0.2) is 15.0 Å². The van der Waals surface area contributed by atoms with Crippen molar-refractivity contribution in [3.63, 3.8) is 0 Å². The normalized spacial score (nSPS) is 17.6. The summed E-state index contributed by atoms with van der Waals surface area (Å²) in [7, 11) is 0. The van der Waals surface area contributed by atoms with E-state index in [1.54, 1.807) is 12.5 Å². The minimum atomic E-state index is 0.480. The van der Waals surface area contributed by atoms with Crippen LogP contribution >= 0.6 is 11.8 Å². The number of nitrogens with zero attached hydrogens (tertiary/aromatic N) is 3. The molecule has 0 saturated heterocycles. The number of fused-ring (bicyclic) bond motifs is 2. The van der Waals surface area contributed by atoms with E-state index in [1.165, 1.54) is 30.4 Å². The lowest BCUT2D eigenvalue weighted by atomic mass is 9.91. The van der Waals surface area contributed by atoms with E-state index in [-0.39, 0.29) is 0 Å². The first-order valence-electron chi connectivity index (χ1n) is 7.22. The minimum absolute atomic E-state index is 0.480. The molecule has 3 aromatic rings. The highest BCUT2D eigenvalue weighted by atomic mass is 32.2. The van der Waals surface area contributed by atoms with E-state index in [9.17, 15) is 0 Å². The zero-order valence-electron chi connectivity index (χ0n) is 11.6. The van der Waals surface area contributed by atoms with E-state index in [0.29, 0.717) is 5.25 Å². The third-order valence-electron chi connectivity index (χ3n) is 3.94. The number of hydrogen-bond acceptors (Lipinski definition) is 4. The lowest BCUT2D eigenvalue weighted by Gasteiger charge is -2.24. The Hall–Kier alpha value is -1.94. The SMILES string of the molecule is c1ccc2c(c1)CCCC2Sc1ncnc2ncccc12. The number of thioether (sulfide) groups is 1. The zero-order valence-corrected chi connectivity index (χ0v) is 12.4. The molecule has 2 aromatic heterocycles.